The van der Waals surface area contributed by atoms with Crippen LogP contribution in [0.4, 0.5) is 23.0 Å². The van der Waals surface area contributed by atoms with E-state index in [9.17, 15) is 0 Å². The number of aryl methyl sites for hydroxylation is 1. The lowest BCUT2D eigenvalue weighted by atomic mass is 9.99. The average Bonchev–Trinajstić information content (AvgIpc) is 2.53. The van der Waals surface area contributed by atoms with Gasteiger partial charge >= 0.3 is 0 Å². The van der Waals surface area contributed by atoms with Crippen molar-refractivity contribution in [3.63, 3.8) is 0 Å². The topological polar surface area (TPSA) is 67.1 Å². The van der Waals surface area contributed by atoms with E-state index in [2.05, 4.69) is 27.1 Å². The summed E-state index contributed by atoms with van der Waals surface area (Å²) in [4.78, 5) is 10.9. The molecule has 0 spiro atoms. The molecule has 3 rings (SSSR count). The van der Waals surface area contributed by atoms with Crippen LogP contribution < -0.4 is 16.0 Å². The second-order valence-electron chi connectivity index (χ2n) is 6.21. The van der Waals surface area contributed by atoms with Gasteiger partial charge in [0.05, 0.1) is 0 Å². The first-order valence-electron chi connectivity index (χ1n) is 7.93. The molecular weight excluding hydrogens is 310 g/mol. The average molecular weight is 332 g/mol. The summed E-state index contributed by atoms with van der Waals surface area (Å²) in [6.07, 6.45) is 3.91. The van der Waals surface area contributed by atoms with Crippen LogP contribution in [0.25, 0.3) is 0 Å². The smallest absolute Gasteiger partial charge is 0.159 e. The van der Waals surface area contributed by atoms with Crippen LogP contribution in [0.3, 0.4) is 0 Å². The monoisotopic (exact) mass is 331 g/mol. The number of piperidine rings is 1. The summed E-state index contributed by atoms with van der Waals surface area (Å²) in [7, 11) is 0. The Kier molecular flexibility index (Phi) is 4.57. The second kappa shape index (κ2) is 6.62. The molecule has 1 aliphatic rings. The number of nitrogens with zero attached hydrogens (tertiary/aromatic N) is 3. The Morgan fingerprint density at radius 1 is 1.26 bits per heavy atom. The summed E-state index contributed by atoms with van der Waals surface area (Å²) >= 11 is 6.00. The van der Waals surface area contributed by atoms with E-state index in [0.717, 1.165) is 36.1 Å². The number of anilines is 4. The summed E-state index contributed by atoms with van der Waals surface area (Å²) in [6.45, 7) is 6.26. The van der Waals surface area contributed by atoms with E-state index in [0.29, 0.717) is 16.5 Å². The molecule has 0 atom stereocenters. The van der Waals surface area contributed by atoms with Gasteiger partial charge in [-0.1, -0.05) is 18.5 Å². The normalized spacial score (nSPS) is 15.7. The lowest BCUT2D eigenvalue weighted by Crippen LogP contribution is -2.34. The van der Waals surface area contributed by atoms with E-state index < -0.39 is 0 Å². The Hall–Kier alpha value is -2.01. The molecule has 0 radical (unpaired) electrons. The molecule has 0 aliphatic carbocycles. The maximum Gasteiger partial charge on any atom is 0.159 e. The van der Waals surface area contributed by atoms with Gasteiger partial charge in [0, 0.05) is 23.8 Å². The highest BCUT2D eigenvalue weighted by Crippen LogP contribution is 2.32. The molecule has 1 fully saturated rings. The molecule has 23 heavy (non-hydrogen) atoms. The minimum Gasteiger partial charge on any atom is -0.393 e. The molecule has 0 bridgehead atoms. The fourth-order valence-electron chi connectivity index (χ4n) is 2.85. The van der Waals surface area contributed by atoms with Gasteiger partial charge in [0.25, 0.3) is 0 Å². The Labute approximate surface area is 141 Å². The minimum absolute atomic E-state index is 0.594. The molecule has 1 aromatic carbocycles. The number of benzene rings is 1. The van der Waals surface area contributed by atoms with Crippen LogP contribution in [0.2, 0.25) is 5.02 Å². The van der Waals surface area contributed by atoms with E-state index in [1.807, 2.05) is 25.1 Å². The summed E-state index contributed by atoms with van der Waals surface area (Å²) in [5.41, 5.74) is 8.90. The van der Waals surface area contributed by atoms with Crippen LogP contribution in [0.1, 0.15) is 25.3 Å². The van der Waals surface area contributed by atoms with Gasteiger partial charge in [0.1, 0.15) is 12.0 Å². The summed E-state index contributed by atoms with van der Waals surface area (Å²) in [6, 6.07) is 5.69. The van der Waals surface area contributed by atoms with E-state index >= 15 is 0 Å². The van der Waals surface area contributed by atoms with Crippen LogP contribution in [0.5, 0.6) is 0 Å². The third-order valence-corrected chi connectivity index (χ3v) is 4.62. The van der Waals surface area contributed by atoms with Crippen molar-refractivity contribution in [3.05, 3.63) is 35.1 Å². The van der Waals surface area contributed by atoms with Crippen LogP contribution in [-0.2, 0) is 0 Å². The maximum atomic E-state index is 6.32. The molecule has 1 aliphatic heterocycles. The van der Waals surface area contributed by atoms with Crippen molar-refractivity contribution in [2.24, 2.45) is 5.92 Å². The van der Waals surface area contributed by atoms with Crippen LogP contribution in [0.15, 0.2) is 24.5 Å². The van der Waals surface area contributed by atoms with Gasteiger partial charge in [-0.25, -0.2) is 9.97 Å². The van der Waals surface area contributed by atoms with Gasteiger partial charge < -0.3 is 16.0 Å². The quantitative estimate of drug-likeness (QED) is 0.889. The first kappa shape index (κ1) is 15.9. The van der Waals surface area contributed by atoms with Crippen molar-refractivity contribution in [2.75, 3.05) is 29.0 Å². The molecule has 2 heterocycles. The van der Waals surface area contributed by atoms with Gasteiger partial charge in [-0.15, -0.1) is 0 Å². The molecule has 2 aromatic rings. The number of hydrogen-bond donors (Lipinski definition) is 2. The van der Waals surface area contributed by atoms with Gasteiger partial charge in [-0.3, -0.25) is 0 Å². The third kappa shape index (κ3) is 3.50. The number of rotatable bonds is 3. The minimum atomic E-state index is 0.594. The van der Waals surface area contributed by atoms with Crippen molar-refractivity contribution in [1.82, 2.24) is 9.97 Å². The summed E-state index contributed by atoms with van der Waals surface area (Å²) < 4.78 is 0. The van der Waals surface area contributed by atoms with Crippen molar-refractivity contribution >= 4 is 34.6 Å². The number of nitrogens with one attached hydrogen (secondary N) is 1. The Balaban J connectivity index is 1.85. The molecule has 0 saturated carbocycles. The lowest BCUT2D eigenvalue weighted by molar-refractivity contribution is 0.437. The zero-order valence-corrected chi connectivity index (χ0v) is 14.3. The Morgan fingerprint density at radius 3 is 2.70 bits per heavy atom. The number of nitrogen functional groups attached to an aromatic ring is 1. The lowest BCUT2D eigenvalue weighted by Gasteiger charge is -2.32. The van der Waals surface area contributed by atoms with Crippen LogP contribution in [-0.4, -0.2) is 23.1 Å². The van der Waals surface area contributed by atoms with E-state index in [1.54, 1.807) is 6.33 Å². The number of aromatic nitrogens is 2. The third-order valence-electron chi connectivity index (χ3n) is 4.39. The van der Waals surface area contributed by atoms with Crippen molar-refractivity contribution < 1.29 is 0 Å². The molecule has 0 amide bonds. The fraction of sp³-hybridized carbons (Fsp3) is 0.412. The highest BCUT2D eigenvalue weighted by atomic mass is 35.5. The molecule has 5 nitrogen and oxygen atoms in total. The molecule has 0 unspecified atom stereocenters. The largest absolute Gasteiger partial charge is 0.393 e. The molecular formula is C17H22ClN5. The van der Waals surface area contributed by atoms with E-state index in [-0.39, 0.29) is 0 Å². The van der Waals surface area contributed by atoms with Gasteiger partial charge in [0.2, 0.25) is 0 Å². The molecule has 6 heteroatoms. The van der Waals surface area contributed by atoms with Crippen LogP contribution in [0, 0.1) is 12.8 Å². The standard InChI is InChI=1S/C17H22ClN5/c1-11-5-7-23(8-6-11)17-15(19)16(20-10-21-17)22-14-4-3-13(18)9-12(14)2/h3-4,9-11H,5-8,19H2,1-2H3,(H,20,21,22). The van der Waals surface area contributed by atoms with E-state index in [1.165, 1.54) is 12.8 Å². The van der Waals surface area contributed by atoms with Gasteiger partial charge in [-0.05, 0) is 49.4 Å². The zero-order valence-electron chi connectivity index (χ0n) is 13.5. The zero-order chi connectivity index (χ0) is 16.4. The molecule has 3 N–H and O–H groups in total. The van der Waals surface area contributed by atoms with E-state index in [4.69, 9.17) is 17.3 Å². The fourth-order valence-corrected chi connectivity index (χ4v) is 3.08. The Morgan fingerprint density at radius 2 is 2.00 bits per heavy atom. The molecule has 1 saturated heterocycles. The van der Waals surface area contributed by atoms with Crippen LogP contribution >= 0.6 is 11.6 Å². The molecule has 122 valence electrons. The van der Waals surface area contributed by atoms with Crippen molar-refractivity contribution in [3.8, 4) is 0 Å². The highest BCUT2D eigenvalue weighted by molar-refractivity contribution is 6.30. The summed E-state index contributed by atoms with van der Waals surface area (Å²) in [5, 5.41) is 4.01. The number of hydrogen-bond acceptors (Lipinski definition) is 5. The second-order valence-corrected chi connectivity index (χ2v) is 6.65. The predicted octanol–water partition coefficient (Wildman–Crippen LogP) is 4.00. The first-order chi connectivity index (χ1) is 11.0. The SMILES string of the molecule is Cc1cc(Cl)ccc1Nc1ncnc(N2CCC(C)CC2)c1N. The maximum absolute atomic E-state index is 6.32. The summed E-state index contributed by atoms with van der Waals surface area (Å²) in [5.74, 6) is 2.23. The number of nitrogens with two attached hydrogens (primary N) is 1. The number of halogens is 1. The van der Waals surface area contributed by atoms with Crippen molar-refractivity contribution in [2.45, 2.75) is 26.7 Å². The van der Waals surface area contributed by atoms with Gasteiger partial charge in [-0.2, -0.15) is 0 Å². The highest BCUT2D eigenvalue weighted by Gasteiger charge is 2.20. The predicted molar refractivity (Wildman–Crippen MR) is 96.5 cm³/mol. The Bertz CT molecular complexity index is 695. The van der Waals surface area contributed by atoms with Crippen molar-refractivity contribution in [1.29, 1.82) is 0 Å². The molecule has 1 aromatic heterocycles. The first-order valence-corrected chi connectivity index (χ1v) is 8.31. The van der Waals surface area contributed by atoms with Gasteiger partial charge in [0.15, 0.2) is 11.6 Å².